The highest BCUT2D eigenvalue weighted by Gasteiger charge is 2.08. The van der Waals surface area contributed by atoms with Gasteiger partial charge in [0.15, 0.2) is 0 Å². The van der Waals surface area contributed by atoms with Crippen molar-refractivity contribution in [1.82, 2.24) is 9.80 Å². The Hall–Kier alpha value is -1.26. The zero-order valence-corrected chi connectivity index (χ0v) is 19.5. The largest absolute Gasteiger partial charge is 0.346 e. The van der Waals surface area contributed by atoms with Crippen LogP contribution in [0.15, 0.2) is 5.16 Å². The lowest BCUT2D eigenvalue weighted by Gasteiger charge is -2.21. The Balaban J connectivity index is 3.41. The van der Waals surface area contributed by atoms with Crippen molar-refractivity contribution >= 4 is 11.9 Å². The van der Waals surface area contributed by atoms with E-state index in [0.717, 1.165) is 12.8 Å². The van der Waals surface area contributed by atoms with E-state index in [2.05, 4.69) is 12.1 Å². The van der Waals surface area contributed by atoms with E-state index in [9.17, 15) is 4.79 Å². The van der Waals surface area contributed by atoms with Crippen LogP contribution in [-0.4, -0.2) is 49.9 Å². The molecule has 0 unspecified atom stereocenters. The molecule has 0 aliphatic heterocycles. The van der Waals surface area contributed by atoms with Gasteiger partial charge < -0.3 is 14.6 Å². The summed E-state index contributed by atoms with van der Waals surface area (Å²) < 4.78 is 0. The van der Waals surface area contributed by atoms with Crippen LogP contribution < -0.4 is 0 Å². The third kappa shape index (κ3) is 16.9. The second kappa shape index (κ2) is 19.1. The van der Waals surface area contributed by atoms with Gasteiger partial charge in [-0.1, -0.05) is 96.8 Å². The van der Waals surface area contributed by atoms with Crippen molar-refractivity contribution in [1.29, 1.82) is 0 Å². The number of carbonyl (C=O) groups excluding carboxylic acids is 1. The molecule has 5 heteroatoms. The van der Waals surface area contributed by atoms with Crippen molar-refractivity contribution in [2.45, 2.75) is 110 Å². The van der Waals surface area contributed by atoms with Crippen molar-refractivity contribution < 1.29 is 9.63 Å². The van der Waals surface area contributed by atoms with Crippen molar-refractivity contribution in [3.8, 4) is 0 Å². The maximum atomic E-state index is 11.8. The molecule has 0 radical (unpaired) electrons. The molecule has 28 heavy (non-hydrogen) atoms. The van der Waals surface area contributed by atoms with Gasteiger partial charge in [-0.3, -0.25) is 0 Å². The highest BCUT2D eigenvalue weighted by molar-refractivity contribution is 5.79. The number of oxime groups is 1. The van der Waals surface area contributed by atoms with Crippen LogP contribution in [0.1, 0.15) is 110 Å². The Morgan fingerprint density at radius 3 is 1.36 bits per heavy atom. The summed E-state index contributed by atoms with van der Waals surface area (Å²) in [7, 11) is 7.51. The van der Waals surface area contributed by atoms with Gasteiger partial charge >= 0.3 is 5.97 Å². The lowest BCUT2D eigenvalue weighted by molar-refractivity contribution is -0.144. The highest BCUT2D eigenvalue weighted by Crippen LogP contribution is 2.13. The molecule has 0 aliphatic carbocycles. The van der Waals surface area contributed by atoms with E-state index in [0.29, 0.717) is 12.4 Å². The van der Waals surface area contributed by atoms with Gasteiger partial charge in [-0.05, 0) is 11.6 Å². The molecular weight excluding hydrogens is 350 g/mol. The molecule has 0 heterocycles. The lowest BCUT2D eigenvalue weighted by atomic mass is 10.0. The van der Waals surface area contributed by atoms with Gasteiger partial charge in [0.1, 0.15) is 0 Å². The fraction of sp³-hybridized carbons (Fsp3) is 0.913. The van der Waals surface area contributed by atoms with Gasteiger partial charge in [-0.15, -0.1) is 0 Å². The third-order valence-electron chi connectivity index (χ3n) is 5.01. The summed E-state index contributed by atoms with van der Waals surface area (Å²) >= 11 is 0. The van der Waals surface area contributed by atoms with Crippen molar-refractivity contribution in [2.24, 2.45) is 5.16 Å². The molecule has 5 nitrogen and oxygen atoms in total. The third-order valence-corrected chi connectivity index (χ3v) is 5.01. The maximum absolute atomic E-state index is 11.8. The summed E-state index contributed by atoms with van der Waals surface area (Å²) in [5, 5.41) is 3.93. The average molecular weight is 398 g/mol. The van der Waals surface area contributed by atoms with E-state index in [1.807, 2.05) is 38.0 Å². The summed E-state index contributed by atoms with van der Waals surface area (Å²) in [6, 6.07) is 0. The molecule has 0 rings (SSSR count). The molecule has 0 aromatic heterocycles. The first kappa shape index (κ1) is 26.7. The molecule has 0 aromatic rings. The van der Waals surface area contributed by atoms with Gasteiger partial charge in [0.2, 0.25) is 5.96 Å². The van der Waals surface area contributed by atoms with Crippen LogP contribution in [-0.2, 0) is 9.63 Å². The Kier molecular flexibility index (Phi) is 18.2. The summed E-state index contributed by atoms with van der Waals surface area (Å²) in [6.45, 7) is 2.28. The quantitative estimate of drug-likeness (QED) is 0.0965. The number of nitrogens with zero attached hydrogens (tertiary/aromatic N) is 3. The van der Waals surface area contributed by atoms with Crippen LogP contribution in [0.3, 0.4) is 0 Å². The molecule has 0 amide bonds. The molecule has 0 N–H and O–H groups in total. The van der Waals surface area contributed by atoms with E-state index in [1.54, 1.807) is 0 Å². The van der Waals surface area contributed by atoms with E-state index in [4.69, 9.17) is 4.84 Å². The molecule has 0 spiro atoms. The predicted octanol–water partition coefficient (Wildman–Crippen LogP) is 6.19. The summed E-state index contributed by atoms with van der Waals surface area (Å²) in [5.41, 5.74) is 0. The number of hydrogen-bond acceptors (Lipinski definition) is 3. The molecule has 0 saturated heterocycles. The number of hydrogen-bond donors (Lipinski definition) is 0. The van der Waals surface area contributed by atoms with E-state index >= 15 is 0 Å². The molecule has 0 atom stereocenters. The zero-order valence-electron chi connectivity index (χ0n) is 19.5. The Bertz CT molecular complexity index is 385. The Morgan fingerprint density at radius 1 is 0.643 bits per heavy atom. The van der Waals surface area contributed by atoms with E-state index in [1.165, 1.54) is 83.5 Å². The van der Waals surface area contributed by atoms with Crippen LogP contribution in [0.5, 0.6) is 0 Å². The topological polar surface area (TPSA) is 45.1 Å². The van der Waals surface area contributed by atoms with Crippen molar-refractivity contribution in [3.63, 3.8) is 0 Å². The molecule has 0 bridgehead atoms. The summed E-state index contributed by atoms with van der Waals surface area (Å²) in [6.07, 6.45) is 20.3. The first-order valence-corrected chi connectivity index (χ1v) is 11.6. The summed E-state index contributed by atoms with van der Waals surface area (Å²) in [5.74, 6) is 0.390. The fourth-order valence-electron chi connectivity index (χ4n) is 3.34. The van der Waals surface area contributed by atoms with Gasteiger partial charge in [-0.25, -0.2) is 4.79 Å². The standard InChI is InChI=1S/C23H47N3O2/c1-6-7-8-9-10-11-12-13-14-15-16-17-18-19-20-21-22(27)28-24-23(25(2)3)26(4)5/h6-21H2,1-5H3. The predicted molar refractivity (Wildman–Crippen MR) is 120 cm³/mol. The first-order valence-electron chi connectivity index (χ1n) is 11.6. The second-order valence-corrected chi connectivity index (χ2v) is 8.34. The highest BCUT2D eigenvalue weighted by atomic mass is 16.7. The zero-order chi connectivity index (χ0) is 21.0. The van der Waals surface area contributed by atoms with Crippen molar-refractivity contribution in [3.05, 3.63) is 0 Å². The molecule has 0 saturated carbocycles. The average Bonchev–Trinajstić information content (AvgIpc) is 2.64. The second-order valence-electron chi connectivity index (χ2n) is 8.34. The van der Waals surface area contributed by atoms with Gasteiger partial charge in [-0.2, -0.15) is 0 Å². The number of unbranched alkanes of at least 4 members (excludes halogenated alkanes) is 14. The van der Waals surface area contributed by atoms with Crippen LogP contribution in [0.25, 0.3) is 0 Å². The van der Waals surface area contributed by atoms with Crippen LogP contribution >= 0.6 is 0 Å². The van der Waals surface area contributed by atoms with Crippen LogP contribution in [0, 0.1) is 0 Å². The van der Waals surface area contributed by atoms with Gasteiger partial charge in [0.05, 0.1) is 0 Å². The summed E-state index contributed by atoms with van der Waals surface area (Å²) in [4.78, 5) is 20.4. The molecule has 166 valence electrons. The molecular formula is C23H47N3O2. The van der Waals surface area contributed by atoms with Gasteiger partial charge in [0, 0.05) is 34.6 Å². The number of rotatable bonds is 17. The van der Waals surface area contributed by atoms with Crippen LogP contribution in [0.2, 0.25) is 0 Å². The first-order chi connectivity index (χ1) is 13.5. The minimum absolute atomic E-state index is 0.240. The monoisotopic (exact) mass is 397 g/mol. The number of guanidine groups is 1. The smallest absolute Gasteiger partial charge is 0.335 e. The van der Waals surface area contributed by atoms with Gasteiger partial charge in [0.25, 0.3) is 0 Å². The molecule has 0 aliphatic rings. The fourth-order valence-corrected chi connectivity index (χ4v) is 3.34. The van der Waals surface area contributed by atoms with Crippen LogP contribution in [0.4, 0.5) is 0 Å². The number of carbonyl (C=O) groups is 1. The van der Waals surface area contributed by atoms with E-state index < -0.39 is 0 Å². The molecule has 0 aromatic carbocycles. The lowest BCUT2D eigenvalue weighted by Crippen LogP contribution is -2.35. The van der Waals surface area contributed by atoms with E-state index in [-0.39, 0.29) is 5.97 Å². The SMILES string of the molecule is CCCCCCCCCCCCCCCCCC(=O)ON=C(N(C)C)N(C)C. The maximum Gasteiger partial charge on any atom is 0.335 e. The Morgan fingerprint density at radius 2 is 1.00 bits per heavy atom. The normalized spacial score (nSPS) is 10.6. The minimum Gasteiger partial charge on any atom is -0.346 e. The van der Waals surface area contributed by atoms with Crippen molar-refractivity contribution in [2.75, 3.05) is 28.2 Å². The molecule has 0 fully saturated rings. The minimum atomic E-state index is -0.240. The Labute approximate surface area is 174 Å².